The maximum absolute atomic E-state index is 11.0. The first kappa shape index (κ1) is 10.6. The molecular formula is C8H5Cl3O2. The highest BCUT2D eigenvalue weighted by Crippen LogP contribution is 2.28. The molecular weight excluding hydrogens is 234 g/mol. The number of hydrogen-bond acceptors (Lipinski definition) is 2. The lowest BCUT2D eigenvalue weighted by Crippen LogP contribution is -2.24. The Balaban J connectivity index is 2.66. The summed E-state index contributed by atoms with van der Waals surface area (Å²) >= 11 is 15.9. The van der Waals surface area contributed by atoms with Gasteiger partial charge in [-0.1, -0.05) is 53.0 Å². The zero-order valence-corrected chi connectivity index (χ0v) is 8.60. The third-order valence-electron chi connectivity index (χ3n) is 1.19. The Bertz CT molecular complexity index is 292. The van der Waals surface area contributed by atoms with E-state index in [0.29, 0.717) is 5.75 Å². The number of rotatable bonds is 1. The van der Waals surface area contributed by atoms with E-state index in [1.165, 1.54) is 0 Å². The summed E-state index contributed by atoms with van der Waals surface area (Å²) in [5, 5.41) is 0. The smallest absolute Gasteiger partial charge is 0.363 e. The first-order chi connectivity index (χ1) is 6.00. The van der Waals surface area contributed by atoms with E-state index in [-0.39, 0.29) is 0 Å². The number of hydrogen-bond donors (Lipinski definition) is 0. The van der Waals surface area contributed by atoms with Gasteiger partial charge in [-0.2, -0.15) is 0 Å². The van der Waals surface area contributed by atoms with E-state index in [1.807, 2.05) is 0 Å². The average molecular weight is 239 g/mol. The number of alkyl halides is 3. The number of ether oxygens (including phenoxy) is 1. The standard InChI is InChI=1S/C8H5Cl3O2/c9-8(10,11)7(12)13-6-4-2-1-3-5-6/h1-5H. The van der Waals surface area contributed by atoms with Crippen LogP contribution in [0.5, 0.6) is 5.75 Å². The molecule has 0 radical (unpaired) electrons. The van der Waals surface area contributed by atoms with Crippen LogP contribution in [0.25, 0.3) is 0 Å². The van der Waals surface area contributed by atoms with Crippen molar-refractivity contribution in [2.75, 3.05) is 0 Å². The van der Waals surface area contributed by atoms with E-state index < -0.39 is 9.76 Å². The molecule has 0 spiro atoms. The molecule has 0 aromatic heterocycles. The van der Waals surface area contributed by atoms with Crippen LogP contribution in [-0.2, 0) is 4.79 Å². The van der Waals surface area contributed by atoms with Gasteiger partial charge in [0.05, 0.1) is 0 Å². The maximum Gasteiger partial charge on any atom is 0.363 e. The van der Waals surface area contributed by atoms with Crippen LogP contribution in [0.1, 0.15) is 0 Å². The fraction of sp³-hybridized carbons (Fsp3) is 0.125. The fourth-order valence-corrected chi connectivity index (χ4v) is 0.769. The lowest BCUT2D eigenvalue weighted by atomic mass is 10.3. The summed E-state index contributed by atoms with van der Waals surface area (Å²) in [5.74, 6) is -0.567. The van der Waals surface area contributed by atoms with Gasteiger partial charge in [0.15, 0.2) is 0 Å². The molecule has 0 aliphatic carbocycles. The van der Waals surface area contributed by atoms with Crippen molar-refractivity contribution in [3.63, 3.8) is 0 Å². The van der Waals surface area contributed by atoms with Gasteiger partial charge in [0.1, 0.15) is 5.75 Å². The molecule has 1 aromatic carbocycles. The minimum Gasteiger partial charge on any atom is -0.423 e. The highest BCUT2D eigenvalue weighted by molar-refractivity contribution is 6.75. The average Bonchev–Trinajstić information content (AvgIpc) is 2.04. The zero-order chi connectivity index (χ0) is 9.90. The lowest BCUT2D eigenvalue weighted by Gasteiger charge is -2.09. The summed E-state index contributed by atoms with van der Waals surface area (Å²) in [5.41, 5.74) is 0. The van der Waals surface area contributed by atoms with Crippen LogP contribution < -0.4 is 4.74 Å². The van der Waals surface area contributed by atoms with Crippen LogP contribution in [-0.4, -0.2) is 9.76 Å². The third kappa shape index (κ3) is 3.43. The molecule has 0 heterocycles. The van der Waals surface area contributed by atoms with Crippen molar-refractivity contribution in [2.45, 2.75) is 3.79 Å². The summed E-state index contributed by atoms with van der Waals surface area (Å²) < 4.78 is 2.71. The zero-order valence-electron chi connectivity index (χ0n) is 6.34. The van der Waals surface area contributed by atoms with Gasteiger partial charge in [-0.25, -0.2) is 4.79 Å². The first-order valence-electron chi connectivity index (χ1n) is 3.34. The molecule has 0 saturated carbocycles. The second-order valence-corrected chi connectivity index (χ2v) is 4.48. The fourth-order valence-electron chi connectivity index (χ4n) is 0.653. The van der Waals surface area contributed by atoms with E-state index >= 15 is 0 Å². The molecule has 0 fully saturated rings. The van der Waals surface area contributed by atoms with Gasteiger partial charge >= 0.3 is 5.97 Å². The van der Waals surface area contributed by atoms with Gasteiger partial charge in [-0.3, -0.25) is 0 Å². The van der Waals surface area contributed by atoms with E-state index in [1.54, 1.807) is 30.3 Å². The molecule has 5 heteroatoms. The number of benzene rings is 1. The van der Waals surface area contributed by atoms with E-state index in [9.17, 15) is 4.79 Å². The Morgan fingerprint density at radius 2 is 1.69 bits per heavy atom. The third-order valence-corrected chi connectivity index (χ3v) is 1.65. The number of halogens is 3. The molecule has 1 aromatic rings. The van der Waals surface area contributed by atoms with Crippen molar-refractivity contribution in [3.8, 4) is 5.75 Å². The minimum absolute atomic E-state index is 0.346. The highest BCUT2D eigenvalue weighted by atomic mass is 35.6. The van der Waals surface area contributed by atoms with Gasteiger partial charge < -0.3 is 4.74 Å². The van der Waals surface area contributed by atoms with Crippen LogP contribution in [0.3, 0.4) is 0 Å². The monoisotopic (exact) mass is 238 g/mol. The van der Waals surface area contributed by atoms with Crippen molar-refractivity contribution >= 4 is 40.8 Å². The van der Waals surface area contributed by atoms with E-state index in [2.05, 4.69) is 0 Å². The topological polar surface area (TPSA) is 26.3 Å². The number of carbonyl (C=O) groups is 1. The maximum atomic E-state index is 11.0. The molecule has 0 aliphatic heterocycles. The number of carbonyl (C=O) groups excluding carboxylic acids is 1. The lowest BCUT2D eigenvalue weighted by molar-refractivity contribution is -0.133. The Kier molecular flexibility index (Phi) is 3.42. The molecule has 0 unspecified atom stereocenters. The van der Waals surface area contributed by atoms with Crippen molar-refractivity contribution in [2.24, 2.45) is 0 Å². The van der Waals surface area contributed by atoms with Crippen molar-refractivity contribution in [1.29, 1.82) is 0 Å². The SMILES string of the molecule is O=C(Oc1ccccc1)C(Cl)(Cl)Cl. The molecule has 0 aliphatic rings. The van der Waals surface area contributed by atoms with Gasteiger partial charge in [-0.05, 0) is 12.1 Å². The van der Waals surface area contributed by atoms with E-state index in [4.69, 9.17) is 39.5 Å². The van der Waals surface area contributed by atoms with Crippen LogP contribution in [0, 0.1) is 0 Å². The quantitative estimate of drug-likeness (QED) is 0.428. The molecule has 0 N–H and O–H groups in total. The molecule has 70 valence electrons. The number of esters is 1. The molecule has 1 rings (SSSR count). The second-order valence-electron chi connectivity index (χ2n) is 2.20. The predicted octanol–water partition coefficient (Wildman–Crippen LogP) is 2.96. The van der Waals surface area contributed by atoms with Crippen molar-refractivity contribution < 1.29 is 9.53 Å². The second kappa shape index (κ2) is 4.18. The molecule has 2 nitrogen and oxygen atoms in total. The van der Waals surface area contributed by atoms with E-state index in [0.717, 1.165) is 0 Å². The van der Waals surface area contributed by atoms with Gasteiger partial charge in [-0.15, -0.1) is 0 Å². The highest BCUT2D eigenvalue weighted by Gasteiger charge is 2.33. The van der Waals surface area contributed by atoms with Crippen LogP contribution in [0.15, 0.2) is 30.3 Å². The summed E-state index contributed by atoms with van der Waals surface area (Å²) in [6.45, 7) is 0. The molecule has 0 amide bonds. The Morgan fingerprint density at radius 1 is 1.15 bits per heavy atom. The predicted molar refractivity (Wildman–Crippen MR) is 52.4 cm³/mol. The normalized spacial score (nSPS) is 11.0. The molecule has 0 atom stereocenters. The summed E-state index contributed by atoms with van der Waals surface area (Å²) in [6.07, 6.45) is 0. The molecule has 0 bridgehead atoms. The van der Waals surface area contributed by atoms with Crippen LogP contribution in [0.4, 0.5) is 0 Å². The number of para-hydroxylation sites is 1. The van der Waals surface area contributed by atoms with Crippen LogP contribution in [0.2, 0.25) is 0 Å². The van der Waals surface area contributed by atoms with Gasteiger partial charge in [0.2, 0.25) is 0 Å². The summed E-state index contributed by atoms with van der Waals surface area (Å²) in [7, 11) is 0. The Hall–Kier alpha value is -0.440. The molecule has 0 saturated heterocycles. The summed E-state index contributed by atoms with van der Waals surface area (Å²) in [6, 6.07) is 8.39. The summed E-state index contributed by atoms with van der Waals surface area (Å²) in [4.78, 5) is 11.0. The van der Waals surface area contributed by atoms with Gasteiger partial charge in [0.25, 0.3) is 3.79 Å². The minimum atomic E-state index is -2.03. The Morgan fingerprint density at radius 3 is 2.15 bits per heavy atom. The van der Waals surface area contributed by atoms with Crippen LogP contribution >= 0.6 is 34.8 Å². The largest absolute Gasteiger partial charge is 0.423 e. The van der Waals surface area contributed by atoms with Crippen molar-refractivity contribution in [1.82, 2.24) is 0 Å². The van der Waals surface area contributed by atoms with Crippen molar-refractivity contribution in [3.05, 3.63) is 30.3 Å². The molecule has 13 heavy (non-hydrogen) atoms. The Labute approximate surface area is 90.3 Å². The van der Waals surface area contributed by atoms with Gasteiger partial charge in [0, 0.05) is 0 Å². The first-order valence-corrected chi connectivity index (χ1v) is 4.47.